The Morgan fingerprint density at radius 1 is 0.875 bits per heavy atom. The third kappa shape index (κ3) is 3.69. The summed E-state index contributed by atoms with van der Waals surface area (Å²) in [5, 5.41) is 3.53. The Morgan fingerprint density at radius 3 is 2.21 bits per heavy atom. The first-order valence-electron chi connectivity index (χ1n) is 7.51. The van der Waals surface area contributed by atoms with Crippen molar-refractivity contribution in [3.8, 4) is 0 Å². The monoisotopic (exact) mass is 399 g/mol. The highest BCUT2D eigenvalue weighted by atomic mass is 79.9. The summed E-state index contributed by atoms with van der Waals surface area (Å²) in [6.07, 6.45) is 0. The quantitative estimate of drug-likeness (QED) is 0.605. The molecule has 0 aliphatic heterocycles. The van der Waals surface area contributed by atoms with Crippen molar-refractivity contribution in [1.82, 2.24) is 5.32 Å². The van der Waals surface area contributed by atoms with Crippen LogP contribution in [0, 0.1) is 0 Å². The lowest BCUT2D eigenvalue weighted by molar-refractivity contribution is 0.0943. The number of carbonyl (C=O) groups is 1. The van der Waals surface area contributed by atoms with Crippen molar-refractivity contribution >= 4 is 33.4 Å². The van der Waals surface area contributed by atoms with E-state index in [0.29, 0.717) is 10.6 Å². The van der Waals surface area contributed by atoms with Crippen LogP contribution in [0.25, 0.3) is 0 Å². The molecule has 1 unspecified atom stereocenters. The smallest absolute Gasteiger partial charge is 0.253 e. The van der Waals surface area contributed by atoms with Gasteiger partial charge in [0.15, 0.2) is 0 Å². The highest BCUT2D eigenvalue weighted by Crippen LogP contribution is 2.29. The van der Waals surface area contributed by atoms with Gasteiger partial charge in [0.05, 0.1) is 16.6 Å². The normalized spacial score (nSPS) is 11.8. The molecule has 2 nitrogen and oxygen atoms in total. The average molecular weight is 401 g/mol. The Kier molecular flexibility index (Phi) is 5.34. The minimum absolute atomic E-state index is 0.204. The first kappa shape index (κ1) is 16.7. The summed E-state index contributed by atoms with van der Waals surface area (Å²) in [5.41, 5.74) is 2.46. The van der Waals surface area contributed by atoms with Crippen molar-refractivity contribution in [2.45, 2.75) is 6.04 Å². The van der Waals surface area contributed by atoms with Crippen LogP contribution in [0.1, 0.15) is 27.5 Å². The van der Waals surface area contributed by atoms with Crippen molar-refractivity contribution in [1.29, 1.82) is 0 Å². The van der Waals surface area contributed by atoms with Crippen LogP contribution in [-0.4, -0.2) is 5.91 Å². The number of hydrogen-bond donors (Lipinski definition) is 1. The molecule has 3 aromatic rings. The molecular formula is C20H15BrClNO. The van der Waals surface area contributed by atoms with Gasteiger partial charge in [-0.15, -0.1) is 0 Å². The molecule has 3 aromatic carbocycles. The molecule has 0 fully saturated rings. The maximum Gasteiger partial charge on any atom is 0.253 e. The third-order valence-electron chi connectivity index (χ3n) is 3.74. The van der Waals surface area contributed by atoms with E-state index in [1.54, 1.807) is 18.2 Å². The molecule has 3 rings (SSSR count). The molecule has 0 spiro atoms. The minimum Gasteiger partial charge on any atom is -0.341 e. The summed E-state index contributed by atoms with van der Waals surface area (Å²) in [6.45, 7) is 0. The van der Waals surface area contributed by atoms with Crippen LogP contribution >= 0.6 is 27.5 Å². The second-order valence-corrected chi connectivity index (χ2v) is 6.58. The maximum atomic E-state index is 12.7. The maximum absolute atomic E-state index is 12.7. The van der Waals surface area contributed by atoms with Gasteiger partial charge in [-0.1, -0.05) is 88.2 Å². The van der Waals surface area contributed by atoms with Gasteiger partial charge in [0.1, 0.15) is 0 Å². The van der Waals surface area contributed by atoms with Crippen molar-refractivity contribution in [2.24, 2.45) is 0 Å². The third-order valence-corrected chi connectivity index (χ3v) is 4.79. The fraction of sp³-hybridized carbons (Fsp3) is 0.0500. The number of amides is 1. The zero-order valence-electron chi connectivity index (χ0n) is 12.7. The van der Waals surface area contributed by atoms with E-state index >= 15 is 0 Å². The van der Waals surface area contributed by atoms with Crippen LogP contribution in [0.3, 0.4) is 0 Å². The van der Waals surface area contributed by atoms with Gasteiger partial charge in [-0.25, -0.2) is 0 Å². The standard InChI is InChI=1S/C20H15BrClNO/c21-17-12-6-4-10-15(17)19(14-8-2-1-3-9-14)23-20(24)16-11-5-7-13-18(16)22/h1-13,19H,(H,23,24). The summed E-state index contributed by atoms with van der Waals surface area (Å²) in [7, 11) is 0. The number of nitrogens with one attached hydrogen (secondary N) is 1. The predicted octanol–water partition coefficient (Wildman–Crippen LogP) is 5.62. The van der Waals surface area contributed by atoms with Gasteiger partial charge in [-0.2, -0.15) is 0 Å². The molecule has 0 aromatic heterocycles. The van der Waals surface area contributed by atoms with Gasteiger partial charge in [-0.3, -0.25) is 4.79 Å². The molecule has 1 atom stereocenters. The zero-order chi connectivity index (χ0) is 16.9. The Bertz CT molecular complexity index is 851. The molecule has 0 saturated carbocycles. The molecule has 0 radical (unpaired) electrons. The van der Waals surface area contributed by atoms with Gasteiger partial charge in [0, 0.05) is 4.47 Å². The summed E-state index contributed by atoms with van der Waals surface area (Å²) in [4.78, 5) is 12.7. The molecule has 0 bridgehead atoms. The van der Waals surface area contributed by atoms with E-state index in [1.807, 2.05) is 60.7 Å². The SMILES string of the molecule is O=C(NC(c1ccccc1)c1ccccc1Br)c1ccccc1Cl. The largest absolute Gasteiger partial charge is 0.341 e. The van der Waals surface area contributed by atoms with Gasteiger partial charge < -0.3 is 5.32 Å². The van der Waals surface area contributed by atoms with Crippen LogP contribution in [0.2, 0.25) is 5.02 Å². The predicted molar refractivity (Wildman–Crippen MR) is 101 cm³/mol. The van der Waals surface area contributed by atoms with Gasteiger partial charge >= 0.3 is 0 Å². The molecular weight excluding hydrogens is 386 g/mol. The summed E-state index contributed by atoms with van der Waals surface area (Å²) in [6, 6.07) is 24.5. The molecule has 1 N–H and O–H groups in total. The molecule has 4 heteroatoms. The molecule has 0 aliphatic carbocycles. The van der Waals surface area contributed by atoms with Crippen LogP contribution in [-0.2, 0) is 0 Å². The second kappa shape index (κ2) is 7.65. The van der Waals surface area contributed by atoms with Crippen LogP contribution in [0.15, 0.2) is 83.3 Å². The lowest BCUT2D eigenvalue weighted by atomic mass is 9.98. The van der Waals surface area contributed by atoms with E-state index in [9.17, 15) is 4.79 Å². The Hall–Kier alpha value is -2.10. The molecule has 0 saturated heterocycles. The van der Waals surface area contributed by atoms with Crippen LogP contribution < -0.4 is 5.32 Å². The van der Waals surface area contributed by atoms with Crippen LogP contribution in [0.4, 0.5) is 0 Å². The van der Waals surface area contributed by atoms with Crippen molar-refractivity contribution in [3.05, 3.63) is 105 Å². The van der Waals surface area contributed by atoms with E-state index in [4.69, 9.17) is 11.6 Å². The fourth-order valence-electron chi connectivity index (χ4n) is 2.55. The lowest BCUT2D eigenvalue weighted by Gasteiger charge is -2.21. The fourth-order valence-corrected chi connectivity index (χ4v) is 3.28. The van der Waals surface area contributed by atoms with Crippen molar-refractivity contribution in [3.63, 3.8) is 0 Å². The summed E-state index contributed by atoms with van der Waals surface area (Å²) in [5.74, 6) is -0.204. The summed E-state index contributed by atoms with van der Waals surface area (Å²) < 4.78 is 0.943. The first-order valence-corrected chi connectivity index (χ1v) is 8.68. The average Bonchev–Trinajstić information content (AvgIpc) is 2.61. The Balaban J connectivity index is 1.99. The van der Waals surface area contributed by atoms with E-state index in [2.05, 4.69) is 21.2 Å². The van der Waals surface area contributed by atoms with E-state index in [1.165, 1.54) is 0 Å². The number of halogens is 2. The minimum atomic E-state index is -0.273. The van der Waals surface area contributed by atoms with Gasteiger partial charge in [-0.05, 0) is 29.3 Å². The zero-order valence-corrected chi connectivity index (χ0v) is 15.1. The van der Waals surface area contributed by atoms with Gasteiger partial charge in [0.25, 0.3) is 5.91 Å². The molecule has 24 heavy (non-hydrogen) atoms. The first-order chi connectivity index (χ1) is 11.7. The molecule has 120 valence electrons. The van der Waals surface area contributed by atoms with Crippen molar-refractivity contribution in [2.75, 3.05) is 0 Å². The molecule has 0 heterocycles. The highest BCUT2D eigenvalue weighted by molar-refractivity contribution is 9.10. The number of rotatable bonds is 4. The Morgan fingerprint density at radius 2 is 1.50 bits per heavy atom. The lowest BCUT2D eigenvalue weighted by Crippen LogP contribution is -2.29. The molecule has 0 aliphatic rings. The topological polar surface area (TPSA) is 29.1 Å². The van der Waals surface area contributed by atoms with E-state index in [-0.39, 0.29) is 11.9 Å². The molecule has 1 amide bonds. The number of carbonyl (C=O) groups excluding carboxylic acids is 1. The Labute approximate surface area is 154 Å². The number of benzene rings is 3. The highest BCUT2D eigenvalue weighted by Gasteiger charge is 2.20. The van der Waals surface area contributed by atoms with Crippen LogP contribution in [0.5, 0.6) is 0 Å². The second-order valence-electron chi connectivity index (χ2n) is 5.32. The number of hydrogen-bond acceptors (Lipinski definition) is 1. The summed E-state index contributed by atoms with van der Waals surface area (Å²) >= 11 is 9.73. The van der Waals surface area contributed by atoms with Crippen molar-refractivity contribution < 1.29 is 4.79 Å². The van der Waals surface area contributed by atoms with E-state index in [0.717, 1.165) is 15.6 Å². The van der Waals surface area contributed by atoms with E-state index < -0.39 is 0 Å². The van der Waals surface area contributed by atoms with Gasteiger partial charge in [0.2, 0.25) is 0 Å².